The summed E-state index contributed by atoms with van der Waals surface area (Å²) in [7, 11) is 4.18. The predicted octanol–water partition coefficient (Wildman–Crippen LogP) is 0.891. The highest BCUT2D eigenvalue weighted by atomic mass is 16.2. The third-order valence-corrected chi connectivity index (χ3v) is 4.41. The topological polar surface area (TPSA) is 69.3 Å². The Kier molecular flexibility index (Phi) is 5.71. The summed E-state index contributed by atoms with van der Waals surface area (Å²) in [5.41, 5.74) is 0.535. The lowest BCUT2D eigenvalue weighted by Crippen LogP contribution is -2.36. The van der Waals surface area contributed by atoms with Crippen molar-refractivity contribution in [2.24, 2.45) is 5.92 Å². The first-order valence-corrected chi connectivity index (χ1v) is 8.00. The SMILES string of the molecule is CCC[C@@H]1CN(C(=O)CCc2ccc(=O)[nH]n2)C[C@H]1N(C)C. The minimum Gasteiger partial charge on any atom is -0.341 e. The van der Waals surface area contributed by atoms with Gasteiger partial charge in [0.05, 0.1) is 5.69 Å². The number of amides is 1. The van der Waals surface area contributed by atoms with E-state index in [9.17, 15) is 9.59 Å². The molecule has 22 heavy (non-hydrogen) atoms. The van der Waals surface area contributed by atoms with Crippen LogP contribution in [0.4, 0.5) is 0 Å². The molecule has 1 saturated heterocycles. The van der Waals surface area contributed by atoms with Gasteiger partial charge in [0, 0.05) is 38.0 Å². The quantitative estimate of drug-likeness (QED) is 0.847. The van der Waals surface area contributed by atoms with Gasteiger partial charge in [-0.25, -0.2) is 5.10 Å². The van der Waals surface area contributed by atoms with Gasteiger partial charge in [-0.15, -0.1) is 0 Å². The Morgan fingerprint density at radius 2 is 2.18 bits per heavy atom. The number of aromatic amines is 1. The number of likely N-dealkylation sites (tertiary alicyclic amines) is 1. The summed E-state index contributed by atoms with van der Waals surface area (Å²) in [6, 6.07) is 3.58. The minimum atomic E-state index is -0.217. The van der Waals surface area contributed by atoms with Crippen LogP contribution in [0.3, 0.4) is 0 Å². The van der Waals surface area contributed by atoms with Gasteiger partial charge >= 0.3 is 0 Å². The normalized spacial score (nSPS) is 21.5. The fourth-order valence-corrected chi connectivity index (χ4v) is 3.20. The molecule has 2 rings (SSSR count). The molecule has 1 aromatic heterocycles. The first kappa shape index (κ1) is 16.7. The predicted molar refractivity (Wildman–Crippen MR) is 85.6 cm³/mol. The Bertz CT molecular complexity index is 535. The van der Waals surface area contributed by atoms with E-state index in [1.165, 1.54) is 6.07 Å². The van der Waals surface area contributed by atoms with Gasteiger partial charge in [0.1, 0.15) is 0 Å². The molecule has 6 nitrogen and oxygen atoms in total. The third kappa shape index (κ3) is 4.16. The van der Waals surface area contributed by atoms with Crippen molar-refractivity contribution in [2.45, 2.75) is 38.6 Å². The van der Waals surface area contributed by atoms with Gasteiger partial charge in [0.25, 0.3) is 5.56 Å². The van der Waals surface area contributed by atoms with Crippen molar-refractivity contribution in [3.05, 3.63) is 28.2 Å². The number of hydrogen-bond acceptors (Lipinski definition) is 4. The molecule has 122 valence electrons. The first-order valence-electron chi connectivity index (χ1n) is 8.00. The number of H-pyrrole nitrogens is 1. The second-order valence-corrected chi connectivity index (χ2v) is 6.29. The molecular weight excluding hydrogens is 280 g/mol. The van der Waals surface area contributed by atoms with Crippen LogP contribution in [0, 0.1) is 5.92 Å². The maximum Gasteiger partial charge on any atom is 0.264 e. The summed E-state index contributed by atoms with van der Waals surface area (Å²) in [6.07, 6.45) is 3.32. The maximum absolute atomic E-state index is 12.4. The number of likely N-dealkylation sites (N-methyl/N-ethyl adjacent to an activating group) is 1. The zero-order chi connectivity index (χ0) is 16.1. The molecule has 1 aliphatic rings. The highest BCUT2D eigenvalue weighted by molar-refractivity contribution is 5.76. The van der Waals surface area contributed by atoms with E-state index < -0.39 is 0 Å². The summed E-state index contributed by atoms with van der Waals surface area (Å²) < 4.78 is 0. The summed E-state index contributed by atoms with van der Waals surface area (Å²) in [5.74, 6) is 0.744. The van der Waals surface area contributed by atoms with Gasteiger partial charge in [-0.05, 0) is 32.5 Å². The molecule has 0 aliphatic carbocycles. The number of carbonyl (C=O) groups excluding carboxylic acids is 1. The molecule has 0 bridgehead atoms. The van der Waals surface area contributed by atoms with Crippen LogP contribution in [-0.2, 0) is 11.2 Å². The standard InChI is InChI=1S/C16H26N4O2/c1-4-5-12-10-20(11-14(12)19(2)3)16(22)9-7-13-6-8-15(21)18-17-13/h6,8,12,14H,4-5,7,9-11H2,1-3H3,(H,18,21)/t12-,14-/m1/s1. The Morgan fingerprint density at radius 1 is 1.41 bits per heavy atom. The van der Waals surface area contributed by atoms with E-state index in [1.807, 2.05) is 4.90 Å². The van der Waals surface area contributed by atoms with Crippen LogP contribution in [0.5, 0.6) is 0 Å². The first-order chi connectivity index (χ1) is 10.5. The fraction of sp³-hybridized carbons (Fsp3) is 0.688. The molecule has 1 aromatic rings. The lowest BCUT2D eigenvalue weighted by atomic mass is 9.98. The van der Waals surface area contributed by atoms with Gasteiger partial charge in [0.15, 0.2) is 0 Å². The number of carbonyl (C=O) groups is 1. The number of nitrogens with one attached hydrogen (secondary N) is 1. The van der Waals surface area contributed by atoms with E-state index in [0.717, 1.165) is 31.6 Å². The molecule has 0 aromatic carbocycles. The molecule has 0 radical (unpaired) electrons. The van der Waals surface area contributed by atoms with Crippen molar-refractivity contribution in [3.63, 3.8) is 0 Å². The van der Waals surface area contributed by atoms with Gasteiger partial charge in [-0.2, -0.15) is 5.10 Å². The fourth-order valence-electron chi connectivity index (χ4n) is 3.20. The second kappa shape index (κ2) is 7.54. The number of nitrogens with zero attached hydrogens (tertiary/aromatic N) is 3. The van der Waals surface area contributed by atoms with Crippen LogP contribution >= 0.6 is 0 Å². The number of hydrogen-bond donors (Lipinski definition) is 1. The summed E-state index contributed by atoms with van der Waals surface area (Å²) >= 11 is 0. The lowest BCUT2D eigenvalue weighted by molar-refractivity contribution is -0.130. The number of rotatable bonds is 6. The average molecular weight is 306 g/mol. The van der Waals surface area contributed by atoms with Crippen molar-refractivity contribution in [2.75, 3.05) is 27.2 Å². The summed E-state index contributed by atoms with van der Waals surface area (Å²) in [5, 5.41) is 6.35. The Labute approximate surface area is 131 Å². The van der Waals surface area contributed by atoms with Crippen LogP contribution in [-0.4, -0.2) is 59.1 Å². The second-order valence-electron chi connectivity index (χ2n) is 6.29. The summed E-state index contributed by atoms with van der Waals surface area (Å²) in [4.78, 5) is 27.6. The zero-order valence-electron chi connectivity index (χ0n) is 13.7. The molecule has 1 amide bonds. The Morgan fingerprint density at radius 3 is 2.77 bits per heavy atom. The lowest BCUT2D eigenvalue weighted by Gasteiger charge is -2.24. The monoisotopic (exact) mass is 306 g/mol. The number of aryl methyl sites for hydroxylation is 1. The molecule has 2 atom stereocenters. The van der Waals surface area contributed by atoms with E-state index in [0.29, 0.717) is 24.8 Å². The minimum absolute atomic E-state index is 0.179. The van der Waals surface area contributed by atoms with Gasteiger partial charge in [0.2, 0.25) is 5.91 Å². The molecule has 0 saturated carbocycles. The van der Waals surface area contributed by atoms with Crippen molar-refractivity contribution in [3.8, 4) is 0 Å². The van der Waals surface area contributed by atoms with E-state index in [2.05, 4.69) is 36.1 Å². The van der Waals surface area contributed by atoms with Crippen molar-refractivity contribution in [1.82, 2.24) is 20.0 Å². The highest BCUT2D eigenvalue weighted by Gasteiger charge is 2.35. The maximum atomic E-state index is 12.4. The average Bonchev–Trinajstić information content (AvgIpc) is 2.91. The largest absolute Gasteiger partial charge is 0.341 e. The van der Waals surface area contributed by atoms with Crippen molar-refractivity contribution < 1.29 is 4.79 Å². The van der Waals surface area contributed by atoms with E-state index in [-0.39, 0.29) is 11.5 Å². The van der Waals surface area contributed by atoms with Crippen LogP contribution in [0.2, 0.25) is 0 Å². The van der Waals surface area contributed by atoms with Crippen LogP contribution < -0.4 is 5.56 Å². The molecule has 2 heterocycles. The molecular formula is C16H26N4O2. The molecule has 1 fully saturated rings. The molecule has 1 aliphatic heterocycles. The van der Waals surface area contributed by atoms with E-state index >= 15 is 0 Å². The third-order valence-electron chi connectivity index (χ3n) is 4.41. The van der Waals surface area contributed by atoms with Crippen LogP contribution in [0.25, 0.3) is 0 Å². The summed E-state index contributed by atoms with van der Waals surface area (Å²) in [6.45, 7) is 3.86. The molecule has 6 heteroatoms. The van der Waals surface area contributed by atoms with Crippen molar-refractivity contribution >= 4 is 5.91 Å². The Balaban J connectivity index is 1.89. The Hall–Kier alpha value is -1.69. The molecule has 0 unspecified atom stereocenters. The molecule has 0 spiro atoms. The molecule has 1 N–H and O–H groups in total. The zero-order valence-corrected chi connectivity index (χ0v) is 13.7. The van der Waals surface area contributed by atoms with Crippen LogP contribution in [0.15, 0.2) is 16.9 Å². The number of aromatic nitrogens is 2. The van der Waals surface area contributed by atoms with Crippen molar-refractivity contribution in [1.29, 1.82) is 0 Å². The highest BCUT2D eigenvalue weighted by Crippen LogP contribution is 2.25. The van der Waals surface area contributed by atoms with E-state index in [1.54, 1.807) is 6.07 Å². The van der Waals surface area contributed by atoms with E-state index in [4.69, 9.17) is 0 Å². The van der Waals surface area contributed by atoms with Gasteiger partial charge in [-0.3, -0.25) is 9.59 Å². The van der Waals surface area contributed by atoms with Crippen LogP contribution in [0.1, 0.15) is 31.9 Å². The smallest absolute Gasteiger partial charge is 0.264 e. The van der Waals surface area contributed by atoms with Gasteiger partial charge in [-0.1, -0.05) is 13.3 Å². The van der Waals surface area contributed by atoms with Gasteiger partial charge < -0.3 is 9.80 Å².